The zero-order valence-corrected chi connectivity index (χ0v) is 8.16. The fourth-order valence-corrected chi connectivity index (χ4v) is 1.22. The van der Waals surface area contributed by atoms with E-state index in [0.29, 0.717) is 0 Å². The average molecular weight is 182 g/mol. The lowest BCUT2D eigenvalue weighted by atomic mass is 10.4. The van der Waals surface area contributed by atoms with Crippen molar-refractivity contribution in [1.29, 1.82) is 0 Å². The smallest absolute Gasteiger partial charge is 0.0948 e. The summed E-state index contributed by atoms with van der Waals surface area (Å²) in [4.78, 5) is 4.09. The Balaban J connectivity index is 2.27. The SMILES string of the molecule is CCn1cncc1CNCCCN. The number of aryl methyl sites for hydroxylation is 1. The second-order valence-corrected chi connectivity index (χ2v) is 2.99. The van der Waals surface area contributed by atoms with Crippen LogP contribution in [0.15, 0.2) is 12.5 Å². The van der Waals surface area contributed by atoms with Crippen LogP contribution in [0.3, 0.4) is 0 Å². The number of hydrogen-bond donors (Lipinski definition) is 2. The van der Waals surface area contributed by atoms with Gasteiger partial charge >= 0.3 is 0 Å². The van der Waals surface area contributed by atoms with Gasteiger partial charge in [0.25, 0.3) is 0 Å². The van der Waals surface area contributed by atoms with Gasteiger partial charge in [0.1, 0.15) is 0 Å². The summed E-state index contributed by atoms with van der Waals surface area (Å²) >= 11 is 0. The van der Waals surface area contributed by atoms with Gasteiger partial charge in [0.15, 0.2) is 0 Å². The first-order valence-electron chi connectivity index (χ1n) is 4.78. The highest BCUT2D eigenvalue weighted by Gasteiger charge is 1.98. The average Bonchev–Trinajstić information content (AvgIpc) is 2.60. The summed E-state index contributed by atoms with van der Waals surface area (Å²) < 4.78 is 2.13. The predicted octanol–water partition coefficient (Wildman–Crippen LogP) is 0.341. The van der Waals surface area contributed by atoms with Gasteiger partial charge in [-0.3, -0.25) is 0 Å². The number of hydrogen-bond acceptors (Lipinski definition) is 3. The standard InChI is InChI=1S/C9H18N4/c1-2-13-8-12-7-9(13)6-11-5-3-4-10/h7-8,11H,2-6,10H2,1H3. The van der Waals surface area contributed by atoms with Gasteiger partial charge in [0, 0.05) is 19.3 Å². The van der Waals surface area contributed by atoms with Crippen molar-refractivity contribution >= 4 is 0 Å². The van der Waals surface area contributed by atoms with E-state index in [1.807, 2.05) is 12.5 Å². The summed E-state index contributed by atoms with van der Waals surface area (Å²) in [5, 5.41) is 3.32. The zero-order valence-electron chi connectivity index (χ0n) is 8.16. The van der Waals surface area contributed by atoms with E-state index in [-0.39, 0.29) is 0 Å². The Morgan fingerprint density at radius 2 is 2.46 bits per heavy atom. The number of aromatic nitrogens is 2. The van der Waals surface area contributed by atoms with Crippen molar-refractivity contribution in [2.45, 2.75) is 26.4 Å². The van der Waals surface area contributed by atoms with Gasteiger partial charge < -0.3 is 15.6 Å². The highest BCUT2D eigenvalue weighted by atomic mass is 15.1. The van der Waals surface area contributed by atoms with Crippen LogP contribution >= 0.6 is 0 Å². The number of nitrogens with two attached hydrogens (primary N) is 1. The highest BCUT2D eigenvalue weighted by Crippen LogP contribution is 1.97. The minimum atomic E-state index is 0.750. The minimum absolute atomic E-state index is 0.750. The molecule has 0 aliphatic rings. The molecule has 0 aliphatic heterocycles. The molecule has 0 saturated carbocycles. The lowest BCUT2D eigenvalue weighted by Gasteiger charge is -2.05. The van der Waals surface area contributed by atoms with Gasteiger partial charge in [-0.15, -0.1) is 0 Å². The molecule has 0 atom stereocenters. The lowest BCUT2D eigenvalue weighted by molar-refractivity contribution is 0.612. The fraction of sp³-hybridized carbons (Fsp3) is 0.667. The minimum Gasteiger partial charge on any atom is -0.334 e. The predicted molar refractivity (Wildman–Crippen MR) is 53.3 cm³/mol. The van der Waals surface area contributed by atoms with Gasteiger partial charge in [-0.1, -0.05) is 0 Å². The molecule has 3 N–H and O–H groups in total. The maximum Gasteiger partial charge on any atom is 0.0948 e. The Labute approximate surface area is 79.1 Å². The van der Waals surface area contributed by atoms with Gasteiger partial charge in [-0.05, 0) is 26.4 Å². The van der Waals surface area contributed by atoms with Gasteiger partial charge in [-0.25, -0.2) is 4.98 Å². The third-order valence-corrected chi connectivity index (χ3v) is 2.00. The van der Waals surface area contributed by atoms with Crippen molar-refractivity contribution in [2.24, 2.45) is 5.73 Å². The van der Waals surface area contributed by atoms with Crippen LogP contribution in [0.1, 0.15) is 19.0 Å². The van der Waals surface area contributed by atoms with E-state index in [1.165, 1.54) is 5.69 Å². The number of imidazole rings is 1. The second kappa shape index (κ2) is 5.72. The number of nitrogens with one attached hydrogen (secondary N) is 1. The molecule has 0 fully saturated rings. The molecular formula is C9H18N4. The molecule has 4 nitrogen and oxygen atoms in total. The van der Waals surface area contributed by atoms with Crippen LogP contribution in [0.5, 0.6) is 0 Å². The molecule has 1 aromatic heterocycles. The molecule has 4 heteroatoms. The van der Waals surface area contributed by atoms with E-state index in [2.05, 4.69) is 21.8 Å². The van der Waals surface area contributed by atoms with Crippen LogP contribution in [-0.2, 0) is 13.1 Å². The van der Waals surface area contributed by atoms with Crippen molar-refractivity contribution in [1.82, 2.24) is 14.9 Å². The molecule has 0 bridgehead atoms. The maximum absolute atomic E-state index is 5.39. The van der Waals surface area contributed by atoms with Crippen LogP contribution in [0.25, 0.3) is 0 Å². The van der Waals surface area contributed by atoms with Crippen LogP contribution in [0, 0.1) is 0 Å². The van der Waals surface area contributed by atoms with Gasteiger partial charge in [-0.2, -0.15) is 0 Å². The second-order valence-electron chi connectivity index (χ2n) is 2.99. The summed E-state index contributed by atoms with van der Waals surface area (Å²) in [6.45, 7) is 5.71. The Morgan fingerprint density at radius 1 is 1.62 bits per heavy atom. The largest absolute Gasteiger partial charge is 0.334 e. The fourth-order valence-electron chi connectivity index (χ4n) is 1.22. The zero-order chi connectivity index (χ0) is 9.52. The van der Waals surface area contributed by atoms with Crippen molar-refractivity contribution < 1.29 is 0 Å². The summed E-state index contributed by atoms with van der Waals surface area (Å²) in [6.07, 6.45) is 4.79. The van der Waals surface area contributed by atoms with E-state index in [9.17, 15) is 0 Å². The quantitative estimate of drug-likeness (QED) is 0.624. The maximum atomic E-state index is 5.39. The molecular weight excluding hydrogens is 164 g/mol. The highest BCUT2D eigenvalue weighted by molar-refractivity contribution is 4.97. The van der Waals surface area contributed by atoms with Crippen LogP contribution in [0.2, 0.25) is 0 Å². The topological polar surface area (TPSA) is 55.9 Å². The van der Waals surface area contributed by atoms with E-state index in [4.69, 9.17) is 5.73 Å². The first-order chi connectivity index (χ1) is 6.38. The molecule has 0 aliphatic carbocycles. The third kappa shape index (κ3) is 3.16. The lowest BCUT2D eigenvalue weighted by Crippen LogP contribution is -2.19. The summed E-state index contributed by atoms with van der Waals surface area (Å²) in [5.74, 6) is 0. The van der Waals surface area contributed by atoms with Crippen molar-refractivity contribution in [3.05, 3.63) is 18.2 Å². The molecule has 0 unspecified atom stereocenters. The van der Waals surface area contributed by atoms with E-state index >= 15 is 0 Å². The van der Waals surface area contributed by atoms with Gasteiger partial charge in [0.2, 0.25) is 0 Å². The Bertz CT molecular complexity index is 231. The van der Waals surface area contributed by atoms with Crippen molar-refractivity contribution in [3.8, 4) is 0 Å². The normalized spacial score (nSPS) is 10.6. The van der Waals surface area contributed by atoms with Crippen molar-refractivity contribution in [3.63, 3.8) is 0 Å². The molecule has 74 valence electrons. The molecule has 1 rings (SSSR count). The number of rotatable bonds is 6. The molecule has 1 aromatic rings. The molecule has 0 amide bonds. The molecule has 1 heterocycles. The molecule has 0 spiro atoms. The molecule has 0 saturated heterocycles. The van der Waals surface area contributed by atoms with Crippen LogP contribution in [-0.4, -0.2) is 22.6 Å². The van der Waals surface area contributed by atoms with Crippen molar-refractivity contribution in [2.75, 3.05) is 13.1 Å². The van der Waals surface area contributed by atoms with Crippen LogP contribution in [0.4, 0.5) is 0 Å². The van der Waals surface area contributed by atoms with Crippen LogP contribution < -0.4 is 11.1 Å². The van der Waals surface area contributed by atoms with E-state index in [1.54, 1.807) is 0 Å². The number of nitrogens with zero attached hydrogens (tertiary/aromatic N) is 2. The first kappa shape index (κ1) is 10.2. The summed E-state index contributed by atoms with van der Waals surface area (Å²) in [6, 6.07) is 0. The summed E-state index contributed by atoms with van der Waals surface area (Å²) in [5.41, 5.74) is 6.62. The Morgan fingerprint density at radius 3 is 3.15 bits per heavy atom. The van der Waals surface area contributed by atoms with E-state index in [0.717, 1.165) is 32.6 Å². The molecule has 0 radical (unpaired) electrons. The van der Waals surface area contributed by atoms with E-state index < -0.39 is 0 Å². The Hall–Kier alpha value is -0.870. The first-order valence-corrected chi connectivity index (χ1v) is 4.78. The molecule has 0 aromatic carbocycles. The third-order valence-electron chi connectivity index (χ3n) is 2.00. The summed E-state index contributed by atoms with van der Waals surface area (Å²) in [7, 11) is 0. The molecule has 13 heavy (non-hydrogen) atoms. The Kier molecular flexibility index (Phi) is 4.49. The van der Waals surface area contributed by atoms with Gasteiger partial charge in [0.05, 0.1) is 12.0 Å². The monoisotopic (exact) mass is 182 g/mol.